The highest BCUT2D eigenvalue weighted by atomic mass is 31.2. The van der Waals surface area contributed by atoms with Crippen molar-refractivity contribution in [3.05, 3.63) is 0 Å². The molecule has 0 amide bonds. The van der Waals surface area contributed by atoms with Gasteiger partial charge in [-0.1, -0.05) is 318 Å². The first kappa shape index (κ1) is 90.1. The van der Waals surface area contributed by atoms with E-state index >= 15 is 0 Å². The molecule has 17 nitrogen and oxygen atoms in total. The van der Waals surface area contributed by atoms with E-state index in [9.17, 15) is 43.2 Å². The van der Waals surface area contributed by atoms with Crippen LogP contribution in [-0.2, 0) is 65.4 Å². The topological polar surface area (TPSA) is 237 Å². The molecule has 0 fully saturated rings. The molecule has 3 N–H and O–H groups in total. The van der Waals surface area contributed by atoms with Gasteiger partial charge < -0.3 is 33.8 Å². The van der Waals surface area contributed by atoms with Crippen molar-refractivity contribution in [3.63, 3.8) is 0 Å². The summed E-state index contributed by atoms with van der Waals surface area (Å²) >= 11 is 0. The number of carbonyl (C=O) groups is 4. The van der Waals surface area contributed by atoms with E-state index in [1.54, 1.807) is 0 Å². The number of rotatable bonds is 71. The van der Waals surface area contributed by atoms with Crippen molar-refractivity contribution in [1.82, 2.24) is 0 Å². The quantitative estimate of drug-likeness (QED) is 0.0222. The fourth-order valence-electron chi connectivity index (χ4n) is 11.1. The average molecular weight is 1350 g/mol. The Bertz CT molecular complexity index is 1800. The number of aliphatic hydroxyl groups excluding tert-OH is 1. The molecule has 0 spiro atoms. The van der Waals surface area contributed by atoms with E-state index in [4.69, 9.17) is 37.0 Å². The lowest BCUT2D eigenvalue weighted by Gasteiger charge is -2.21. The van der Waals surface area contributed by atoms with Crippen LogP contribution in [0.4, 0.5) is 0 Å². The highest BCUT2D eigenvalue weighted by Gasteiger charge is 2.30. The first-order valence-corrected chi connectivity index (χ1v) is 40.8. The maximum Gasteiger partial charge on any atom is 0.472 e. The Balaban J connectivity index is 5.23. The van der Waals surface area contributed by atoms with Gasteiger partial charge in [-0.15, -0.1) is 0 Å². The molecule has 0 aliphatic rings. The molecular formula is C73H142O17P2. The second kappa shape index (κ2) is 63.8. The first-order valence-electron chi connectivity index (χ1n) is 37.8. The summed E-state index contributed by atoms with van der Waals surface area (Å²) in [7, 11) is -9.91. The van der Waals surface area contributed by atoms with Crippen LogP contribution in [0, 0.1) is 17.8 Å². The van der Waals surface area contributed by atoms with Crippen LogP contribution >= 0.6 is 15.6 Å². The number of carbonyl (C=O) groups excluding carboxylic acids is 4. The lowest BCUT2D eigenvalue weighted by molar-refractivity contribution is -0.161. The highest BCUT2D eigenvalue weighted by molar-refractivity contribution is 7.47. The van der Waals surface area contributed by atoms with Crippen LogP contribution < -0.4 is 0 Å². The summed E-state index contributed by atoms with van der Waals surface area (Å²) in [4.78, 5) is 72.6. The third kappa shape index (κ3) is 66.7. The molecule has 0 aliphatic carbocycles. The summed E-state index contributed by atoms with van der Waals surface area (Å²) in [5.41, 5.74) is 0. The van der Waals surface area contributed by atoms with Gasteiger partial charge in [0, 0.05) is 25.7 Å². The molecule has 5 atom stereocenters. The summed E-state index contributed by atoms with van der Waals surface area (Å²) in [5.74, 6) is 0.142. The van der Waals surface area contributed by atoms with Crippen molar-refractivity contribution in [2.75, 3.05) is 39.6 Å². The fraction of sp³-hybridized carbons (Fsp3) is 0.945. The molecule has 19 heteroatoms. The van der Waals surface area contributed by atoms with Gasteiger partial charge in [-0.25, -0.2) is 9.13 Å². The minimum Gasteiger partial charge on any atom is -0.462 e. The predicted molar refractivity (Wildman–Crippen MR) is 372 cm³/mol. The molecule has 0 saturated heterocycles. The van der Waals surface area contributed by atoms with Crippen LogP contribution in [0.3, 0.4) is 0 Å². The number of phosphoric ester groups is 2. The van der Waals surface area contributed by atoms with Gasteiger partial charge in [0.1, 0.15) is 19.3 Å². The van der Waals surface area contributed by atoms with E-state index in [0.717, 1.165) is 108 Å². The van der Waals surface area contributed by atoms with Crippen LogP contribution in [-0.4, -0.2) is 96.7 Å². The minimum atomic E-state index is -4.95. The lowest BCUT2D eigenvalue weighted by Crippen LogP contribution is -2.30. The Morgan fingerprint density at radius 3 is 0.739 bits per heavy atom. The number of unbranched alkanes of at least 4 members (excludes halogenated alkanes) is 39. The van der Waals surface area contributed by atoms with Crippen LogP contribution in [0.5, 0.6) is 0 Å². The van der Waals surface area contributed by atoms with Gasteiger partial charge in [0.05, 0.1) is 26.4 Å². The normalized spacial score (nSPS) is 14.1. The van der Waals surface area contributed by atoms with Gasteiger partial charge in [0.25, 0.3) is 0 Å². The molecule has 0 aromatic carbocycles. The second-order valence-electron chi connectivity index (χ2n) is 27.8. The standard InChI is InChI=1S/C73H142O17P2/c1-8-9-10-11-12-13-19-25-33-40-47-54-70(75)83-61-69(90-73(78)57-50-43-36-29-28-32-39-46-53-66(6)7)63-88-92(81,82)86-59-67(74)58-85-91(79,80)87-62-68(60-84-71(76)55-48-41-34-27-22-24-31-38-45-52-65(4)5)89-72(77)56-49-42-35-26-21-18-16-14-15-17-20-23-30-37-44-51-64(2)3/h64-69,74H,8-63H2,1-7H3,(H,79,80)(H,81,82)/t67-,68-,69-/m1/s1. The van der Waals surface area contributed by atoms with E-state index in [-0.39, 0.29) is 25.7 Å². The molecule has 2 unspecified atom stereocenters. The summed E-state index contributed by atoms with van der Waals surface area (Å²) in [6.07, 6.45) is 48.6. The number of phosphoric acid groups is 2. The van der Waals surface area contributed by atoms with Crippen molar-refractivity contribution in [2.24, 2.45) is 17.8 Å². The van der Waals surface area contributed by atoms with Crippen molar-refractivity contribution >= 4 is 39.5 Å². The fourth-order valence-corrected chi connectivity index (χ4v) is 12.7. The van der Waals surface area contributed by atoms with Gasteiger partial charge in [0.15, 0.2) is 12.2 Å². The SMILES string of the molecule is CCCCCCCCCCCCCC(=O)OC[C@H](COP(=O)(O)OC[C@H](O)COP(=O)(O)OC[C@@H](COC(=O)CCCCCCCCCCCC(C)C)OC(=O)CCCCCCCCCCCCCCCCCC(C)C)OC(=O)CCCCCCCCCCC(C)C. The van der Waals surface area contributed by atoms with Gasteiger partial charge in [0.2, 0.25) is 0 Å². The van der Waals surface area contributed by atoms with Crippen molar-refractivity contribution in [1.29, 1.82) is 0 Å². The molecule has 0 aliphatic heterocycles. The maximum atomic E-state index is 13.1. The Morgan fingerprint density at radius 1 is 0.293 bits per heavy atom. The Kier molecular flexibility index (Phi) is 62.4. The second-order valence-corrected chi connectivity index (χ2v) is 30.7. The largest absolute Gasteiger partial charge is 0.472 e. The summed E-state index contributed by atoms with van der Waals surface area (Å²) < 4.78 is 68.4. The van der Waals surface area contributed by atoms with Crippen LogP contribution in [0.15, 0.2) is 0 Å². The molecule has 0 heterocycles. The van der Waals surface area contributed by atoms with Gasteiger partial charge in [-0.3, -0.25) is 37.3 Å². The summed E-state index contributed by atoms with van der Waals surface area (Å²) in [6.45, 7) is 11.8. The molecule has 0 bridgehead atoms. The van der Waals surface area contributed by atoms with E-state index in [0.29, 0.717) is 25.7 Å². The van der Waals surface area contributed by atoms with Gasteiger partial charge in [-0.2, -0.15) is 0 Å². The Hall–Kier alpha value is -1.94. The Labute approximate surface area is 562 Å². The number of aliphatic hydroxyl groups is 1. The monoisotopic (exact) mass is 1350 g/mol. The maximum absolute atomic E-state index is 13.1. The number of ether oxygens (including phenoxy) is 4. The molecule has 0 aromatic heterocycles. The summed E-state index contributed by atoms with van der Waals surface area (Å²) in [6, 6.07) is 0. The average Bonchev–Trinajstić information content (AvgIpc) is 1.62. The number of hydrogen-bond acceptors (Lipinski definition) is 15. The number of esters is 4. The zero-order chi connectivity index (χ0) is 68.0. The number of hydrogen-bond donors (Lipinski definition) is 3. The third-order valence-electron chi connectivity index (χ3n) is 16.9. The molecule has 92 heavy (non-hydrogen) atoms. The molecule has 0 saturated carbocycles. The highest BCUT2D eigenvalue weighted by Crippen LogP contribution is 2.45. The zero-order valence-electron chi connectivity index (χ0n) is 60.0. The minimum absolute atomic E-state index is 0.104. The van der Waals surface area contributed by atoms with Crippen molar-refractivity contribution in [3.8, 4) is 0 Å². The molecule has 0 radical (unpaired) electrons. The van der Waals surface area contributed by atoms with Crippen molar-refractivity contribution < 1.29 is 80.2 Å². The Morgan fingerprint density at radius 2 is 0.500 bits per heavy atom. The third-order valence-corrected chi connectivity index (χ3v) is 18.8. The molecular weight excluding hydrogens is 1210 g/mol. The predicted octanol–water partition coefficient (Wildman–Crippen LogP) is 21.0. The van der Waals surface area contributed by atoms with E-state index < -0.39 is 97.5 Å². The van der Waals surface area contributed by atoms with Gasteiger partial charge in [-0.05, 0) is 43.4 Å². The van der Waals surface area contributed by atoms with Gasteiger partial charge >= 0.3 is 39.5 Å². The smallest absolute Gasteiger partial charge is 0.462 e. The molecule has 0 aromatic rings. The van der Waals surface area contributed by atoms with Crippen LogP contribution in [0.1, 0.15) is 370 Å². The van der Waals surface area contributed by atoms with E-state index in [2.05, 4.69) is 48.5 Å². The van der Waals surface area contributed by atoms with E-state index in [1.807, 2.05) is 0 Å². The van der Waals surface area contributed by atoms with Crippen molar-refractivity contribution in [2.45, 2.75) is 388 Å². The lowest BCUT2D eigenvalue weighted by atomic mass is 10.0. The first-order chi connectivity index (χ1) is 44.2. The van der Waals surface area contributed by atoms with Crippen LogP contribution in [0.2, 0.25) is 0 Å². The molecule has 546 valence electrons. The zero-order valence-corrected chi connectivity index (χ0v) is 61.8. The van der Waals surface area contributed by atoms with Crippen LogP contribution in [0.25, 0.3) is 0 Å². The summed E-state index contributed by atoms with van der Waals surface area (Å²) in [5, 5.41) is 10.6. The van der Waals surface area contributed by atoms with E-state index in [1.165, 1.54) is 180 Å². The molecule has 0 rings (SSSR count).